The normalized spacial score (nSPS) is 13.1. The molecule has 0 fully saturated rings. The van der Waals surface area contributed by atoms with Gasteiger partial charge >= 0.3 is 6.03 Å². The lowest BCUT2D eigenvalue weighted by Gasteiger charge is -2.29. The maximum Gasteiger partial charge on any atom is 0.317 e. The minimum absolute atomic E-state index is 0.0462. The minimum Gasteiger partial charge on any atom is -0.335 e. The van der Waals surface area contributed by atoms with Crippen LogP contribution in [0.15, 0.2) is 0 Å². The van der Waals surface area contributed by atoms with E-state index >= 15 is 0 Å². The molecule has 0 unspecified atom stereocenters. The van der Waals surface area contributed by atoms with Crippen molar-refractivity contribution in [2.24, 2.45) is 5.92 Å². The van der Waals surface area contributed by atoms with Crippen LogP contribution in [0.25, 0.3) is 0 Å². The van der Waals surface area contributed by atoms with E-state index in [1.807, 2.05) is 18.9 Å². The van der Waals surface area contributed by atoms with Gasteiger partial charge in [-0.1, -0.05) is 27.7 Å². The Kier molecular flexibility index (Phi) is 6.37. The van der Waals surface area contributed by atoms with Gasteiger partial charge in [-0.2, -0.15) is 0 Å². The largest absolute Gasteiger partial charge is 0.335 e. The van der Waals surface area contributed by atoms with Gasteiger partial charge in [0.25, 0.3) is 0 Å². The summed E-state index contributed by atoms with van der Waals surface area (Å²) in [5, 5.41) is 3.02. The first kappa shape index (κ1) is 14.3. The van der Waals surface area contributed by atoms with Gasteiger partial charge in [-0.05, 0) is 25.7 Å². The number of amides is 2. The van der Waals surface area contributed by atoms with Gasteiger partial charge < -0.3 is 10.2 Å². The number of rotatable bonds is 5. The Morgan fingerprint density at radius 2 is 1.67 bits per heavy atom. The highest BCUT2D eigenvalue weighted by molar-refractivity contribution is 5.74. The Hall–Kier alpha value is -0.730. The van der Waals surface area contributed by atoms with E-state index < -0.39 is 0 Å². The fraction of sp³-hybridized carbons (Fsp3) is 0.917. The lowest BCUT2D eigenvalue weighted by Crippen LogP contribution is -2.47. The lowest BCUT2D eigenvalue weighted by atomic mass is 10.1. The fourth-order valence-electron chi connectivity index (χ4n) is 1.47. The second kappa shape index (κ2) is 6.70. The summed E-state index contributed by atoms with van der Waals surface area (Å²) in [6.07, 6.45) is 2.02. The number of nitrogens with one attached hydrogen (secondary N) is 1. The average Bonchev–Trinajstić information content (AvgIpc) is 2.19. The third kappa shape index (κ3) is 4.54. The van der Waals surface area contributed by atoms with Crippen LogP contribution in [-0.2, 0) is 0 Å². The molecule has 0 aliphatic heterocycles. The molecule has 0 heterocycles. The van der Waals surface area contributed by atoms with Crippen LogP contribution in [-0.4, -0.2) is 30.1 Å². The number of hydrogen-bond acceptors (Lipinski definition) is 1. The summed E-state index contributed by atoms with van der Waals surface area (Å²) in [6, 6.07) is 0.628. The number of carbonyl (C=O) groups is 1. The first-order valence-electron chi connectivity index (χ1n) is 5.97. The molecule has 0 radical (unpaired) electrons. The summed E-state index contributed by atoms with van der Waals surface area (Å²) in [4.78, 5) is 13.7. The topological polar surface area (TPSA) is 32.3 Å². The number of urea groups is 1. The van der Waals surface area contributed by atoms with Crippen LogP contribution >= 0.6 is 0 Å². The van der Waals surface area contributed by atoms with Crippen molar-refractivity contribution < 1.29 is 4.79 Å². The van der Waals surface area contributed by atoms with Gasteiger partial charge in [-0.25, -0.2) is 4.79 Å². The maximum absolute atomic E-state index is 11.8. The second-order valence-electron chi connectivity index (χ2n) is 4.56. The smallest absolute Gasteiger partial charge is 0.317 e. The average molecular weight is 214 g/mol. The molecule has 3 nitrogen and oxygen atoms in total. The van der Waals surface area contributed by atoms with Crippen LogP contribution in [0, 0.1) is 5.92 Å². The third-order valence-corrected chi connectivity index (χ3v) is 3.16. The van der Waals surface area contributed by atoms with E-state index in [9.17, 15) is 4.79 Å². The second-order valence-corrected chi connectivity index (χ2v) is 4.56. The van der Waals surface area contributed by atoms with Gasteiger partial charge in [0.15, 0.2) is 0 Å². The van der Waals surface area contributed by atoms with E-state index in [0.29, 0.717) is 12.0 Å². The van der Waals surface area contributed by atoms with Crippen molar-refractivity contribution in [3.63, 3.8) is 0 Å². The van der Waals surface area contributed by atoms with Crippen molar-refractivity contribution in [2.75, 3.05) is 7.05 Å². The number of carbonyl (C=O) groups excluding carboxylic acids is 1. The zero-order valence-electron chi connectivity index (χ0n) is 11.0. The number of nitrogens with zero attached hydrogens (tertiary/aromatic N) is 1. The summed E-state index contributed by atoms with van der Waals surface area (Å²) in [6.45, 7) is 10.5. The quantitative estimate of drug-likeness (QED) is 0.750. The summed E-state index contributed by atoms with van der Waals surface area (Å²) < 4.78 is 0. The van der Waals surface area contributed by atoms with E-state index in [4.69, 9.17) is 0 Å². The standard InChI is InChI=1S/C12H26N2O/c1-7-11(8-2)14(6)12(15)13-10(5)9(3)4/h9-11H,7-8H2,1-6H3,(H,13,15)/t10-/m0/s1. The third-order valence-electron chi connectivity index (χ3n) is 3.16. The molecule has 0 aliphatic rings. The summed E-state index contributed by atoms with van der Waals surface area (Å²) >= 11 is 0. The molecule has 1 N–H and O–H groups in total. The molecule has 0 rings (SSSR count). The van der Waals surface area contributed by atoms with Crippen LogP contribution in [0.1, 0.15) is 47.5 Å². The van der Waals surface area contributed by atoms with Crippen LogP contribution in [0.5, 0.6) is 0 Å². The van der Waals surface area contributed by atoms with Crippen LogP contribution in [0.2, 0.25) is 0 Å². The van der Waals surface area contributed by atoms with Gasteiger partial charge in [-0.3, -0.25) is 0 Å². The van der Waals surface area contributed by atoms with E-state index in [1.165, 1.54) is 0 Å². The molecule has 0 aromatic rings. The van der Waals surface area contributed by atoms with E-state index in [1.54, 1.807) is 0 Å². The predicted octanol–water partition coefficient (Wildman–Crippen LogP) is 2.86. The molecule has 0 aromatic heterocycles. The monoisotopic (exact) mass is 214 g/mol. The Labute approximate surface area is 94.2 Å². The van der Waals surface area contributed by atoms with E-state index in [0.717, 1.165) is 12.8 Å². The summed E-state index contributed by atoms with van der Waals surface area (Å²) in [5.74, 6) is 0.476. The molecular weight excluding hydrogens is 188 g/mol. The van der Waals surface area contributed by atoms with Crippen LogP contribution in [0.3, 0.4) is 0 Å². The highest BCUT2D eigenvalue weighted by Gasteiger charge is 2.18. The zero-order chi connectivity index (χ0) is 12.0. The van der Waals surface area contributed by atoms with Gasteiger partial charge in [-0.15, -0.1) is 0 Å². The molecule has 90 valence electrons. The van der Waals surface area contributed by atoms with E-state index in [-0.39, 0.29) is 12.1 Å². The molecule has 15 heavy (non-hydrogen) atoms. The van der Waals surface area contributed by atoms with Gasteiger partial charge in [0, 0.05) is 19.1 Å². The van der Waals surface area contributed by atoms with Crippen molar-refractivity contribution in [2.45, 2.75) is 59.5 Å². The first-order chi connectivity index (χ1) is 6.93. The number of hydrogen-bond donors (Lipinski definition) is 1. The van der Waals surface area contributed by atoms with Gasteiger partial charge in [0.1, 0.15) is 0 Å². The Bertz CT molecular complexity index is 188. The van der Waals surface area contributed by atoms with Crippen molar-refractivity contribution >= 4 is 6.03 Å². The molecule has 3 heteroatoms. The van der Waals surface area contributed by atoms with Gasteiger partial charge in [0.2, 0.25) is 0 Å². The molecule has 2 amide bonds. The summed E-state index contributed by atoms with van der Waals surface area (Å²) in [7, 11) is 1.88. The van der Waals surface area contributed by atoms with Crippen molar-refractivity contribution in [3.8, 4) is 0 Å². The molecule has 0 saturated carbocycles. The van der Waals surface area contributed by atoms with Crippen molar-refractivity contribution in [1.82, 2.24) is 10.2 Å². The Balaban J connectivity index is 4.20. The van der Waals surface area contributed by atoms with Crippen LogP contribution < -0.4 is 5.32 Å². The van der Waals surface area contributed by atoms with Crippen molar-refractivity contribution in [3.05, 3.63) is 0 Å². The van der Waals surface area contributed by atoms with E-state index in [2.05, 4.69) is 33.0 Å². The molecule has 0 aliphatic carbocycles. The van der Waals surface area contributed by atoms with Gasteiger partial charge in [0.05, 0.1) is 0 Å². The zero-order valence-corrected chi connectivity index (χ0v) is 11.0. The molecule has 0 spiro atoms. The predicted molar refractivity (Wildman–Crippen MR) is 65.0 cm³/mol. The molecular formula is C12H26N2O. The highest BCUT2D eigenvalue weighted by Crippen LogP contribution is 2.07. The Morgan fingerprint density at radius 3 is 2.00 bits per heavy atom. The first-order valence-corrected chi connectivity index (χ1v) is 5.97. The molecule has 0 bridgehead atoms. The summed E-state index contributed by atoms with van der Waals surface area (Å²) in [5.41, 5.74) is 0. The Morgan fingerprint density at radius 1 is 1.20 bits per heavy atom. The molecule has 1 atom stereocenters. The van der Waals surface area contributed by atoms with Crippen LogP contribution in [0.4, 0.5) is 4.79 Å². The molecule has 0 saturated heterocycles. The van der Waals surface area contributed by atoms with Crippen molar-refractivity contribution in [1.29, 1.82) is 0 Å². The fourth-order valence-corrected chi connectivity index (χ4v) is 1.47. The molecule has 0 aromatic carbocycles. The SMILES string of the molecule is CCC(CC)N(C)C(=O)N[C@@H](C)C(C)C. The lowest BCUT2D eigenvalue weighted by molar-refractivity contribution is 0.180. The highest BCUT2D eigenvalue weighted by atomic mass is 16.2. The minimum atomic E-state index is 0.0462. The maximum atomic E-state index is 11.8.